The fraction of sp³-hybridized carbons (Fsp3) is 0.400. The van der Waals surface area contributed by atoms with E-state index in [-0.39, 0.29) is 6.61 Å². The van der Waals surface area contributed by atoms with Crippen LogP contribution in [0.2, 0.25) is 0 Å². The number of aliphatic hydroxyl groups excluding tert-OH is 1. The first kappa shape index (κ1) is 13.6. The SMILES string of the molecule is Nc1ccc(N2CCCC(CO)C2)c2ncc(Br)cc12. The molecule has 106 valence electrons. The number of nitrogens with two attached hydrogens (primary N) is 1. The molecule has 0 spiro atoms. The Balaban J connectivity index is 2.05. The van der Waals surface area contributed by atoms with Crippen molar-refractivity contribution in [2.75, 3.05) is 30.3 Å². The number of anilines is 2. The topological polar surface area (TPSA) is 62.4 Å². The molecule has 4 nitrogen and oxygen atoms in total. The number of hydrogen-bond donors (Lipinski definition) is 2. The molecule has 2 aromatic rings. The molecule has 0 aliphatic carbocycles. The minimum atomic E-state index is 0.252. The highest BCUT2D eigenvalue weighted by atomic mass is 79.9. The zero-order chi connectivity index (χ0) is 14.1. The van der Waals surface area contributed by atoms with Crippen molar-refractivity contribution in [3.63, 3.8) is 0 Å². The molecule has 3 N–H and O–H groups in total. The number of aliphatic hydroxyl groups is 1. The van der Waals surface area contributed by atoms with Crippen LogP contribution in [0.25, 0.3) is 10.9 Å². The summed E-state index contributed by atoms with van der Waals surface area (Å²) in [4.78, 5) is 6.85. The fourth-order valence-corrected chi connectivity index (χ4v) is 3.22. The molecule has 1 aromatic heterocycles. The number of hydrogen-bond acceptors (Lipinski definition) is 4. The Labute approximate surface area is 126 Å². The highest BCUT2D eigenvalue weighted by Gasteiger charge is 2.21. The molecule has 1 aromatic carbocycles. The van der Waals surface area contributed by atoms with E-state index in [4.69, 9.17) is 5.73 Å². The van der Waals surface area contributed by atoms with Gasteiger partial charge in [0.25, 0.3) is 0 Å². The van der Waals surface area contributed by atoms with Gasteiger partial charge in [0.05, 0.1) is 11.2 Å². The lowest BCUT2D eigenvalue weighted by Crippen LogP contribution is -2.37. The minimum absolute atomic E-state index is 0.252. The fourth-order valence-electron chi connectivity index (χ4n) is 2.89. The molecule has 2 heterocycles. The van der Waals surface area contributed by atoms with E-state index in [0.29, 0.717) is 5.92 Å². The molecule has 1 aliphatic rings. The lowest BCUT2D eigenvalue weighted by molar-refractivity contribution is 0.209. The summed E-state index contributed by atoms with van der Waals surface area (Å²) in [6.07, 6.45) is 4.01. The Morgan fingerprint density at radius 2 is 2.30 bits per heavy atom. The van der Waals surface area contributed by atoms with Gasteiger partial charge in [-0.2, -0.15) is 0 Å². The summed E-state index contributed by atoms with van der Waals surface area (Å²) in [7, 11) is 0. The molecule has 1 aliphatic heterocycles. The molecule has 1 fully saturated rings. The maximum Gasteiger partial charge on any atom is 0.0956 e. The van der Waals surface area contributed by atoms with Gasteiger partial charge in [0.15, 0.2) is 0 Å². The van der Waals surface area contributed by atoms with Crippen molar-refractivity contribution in [3.8, 4) is 0 Å². The molecule has 1 saturated heterocycles. The first-order valence-electron chi connectivity index (χ1n) is 6.88. The van der Waals surface area contributed by atoms with Crippen LogP contribution in [-0.4, -0.2) is 29.8 Å². The third kappa shape index (κ3) is 2.47. The summed E-state index contributed by atoms with van der Waals surface area (Å²) >= 11 is 3.44. The van der Waals surface area contributed by atoms with Crippen molar-refractivity contribution in [2.45, 2.75) is 12.8 Å². The van der Waals surface area contributed by atoms with Gasteiger partial charge in [-0.25, -0.2) is 0 Å². The van der Waals surface area contributed by atoms with Crippen LogP contribution in [0.15, 0.2) is 28.9 Å². The second kappa shape index (κ2) is 5.58. The summed E-state index contributed by atoms with van der Waals surface area (Å²) < 4.78 is 0.931. The summed E-state index contributed by atoms with van der Waals surface area (Å²) in [5.74, 6) is 0.354. The van der Waals surface area contributed by atoms with Crippen molar-refractivity contribution >= 4 is 38.2 Å². The second-order valence-electron chi connectivity index (χ2n) is 5.36. The normalized spacial score (nSPS) is 19.5. The predicted octanol–water partition coefficient (Wildman–Crippen LogP) is 2.79. The van der Waals surface area contributed by atoms with E-state index in [9.17, 15) is 5.11 Å². The molecule has 1 unspecified atom stereocenters. The smallest absolute Gasteiger partial charge is 0.0956 e. The third-order valence-corrected chi connectivity index (χ3v) is 4.38. The maximum atomic E-state index is 9.38. The Kier molecular flexibility index (Phi) is 3.81. The van der Waals surface area contributed by atoms with Crippen LogP contribution >= 0.6 is 15.9 Å². The summed E-state index contributed by atoms with van der Waals surface area (Å²) in [6, 6.07) is 5.99. The largest absolute Gasteiger partial charge is 0.398 e. The molecular formula is C15H18BrN3O. The van der Waals surface area contributed by atoms with Gasteiger partial charge in [-0.3, -0.25) is 4.98 Å². The Hall–Kier alpha value is -1.33. The second-order valence-corrected chi connectivity index (χ2v) is 6.28. The van der Waals surface area contributed by atoms with Gasteiger partial charge in [0, 0.05) is 41.4 Å². The zero-order valence-electron chi connectivity index (χ0n) is 11.2. The Bertz CT molecular complexity index is 632. The quantitative estimate of drug-likeness (QED) is 0.828. The molecule has 20 heavy (non-hydrogen) atoms. The molecule has 5 heteroatoms. The zero-order valence-corrected chi connectivity index (χ0v) is 12.8. The van der Waals surface area contributed by atoms with Crippen LogP contribution in [0.4, 0.5) is 11.4 Å². The Morgan fingerprint density at radius 3 is 3.10 bits per heavy atom. The van der Waals surface area contributed by atoms with E-state index in [0.717, 1.165) is 52.7 Å². The number of pyridine rings is 1. The lowest BCUT2D eigenvalue weighted by atomic mass is 9.98. The average molecular weight is 336 g/mol. The number of benzene rings is 1. The first-order valence-corrected chi connectivity index (χ1v) is 7.68. The predicted molar refractivity (Wildman–Crippen MR) is 85.9 cm³/mol. The van der Waals surface area contributed by atoms with E-state index in [2.05, 4.69) is 25.8 Å². The molecule has 0 bridgehead atoms. The van der Waals surface area contributed by atoms with Crippen molar-refractivity contribution < 1.29 is 5.11 Å². The van der Waals surface area contributed by atoms with Gasteiger partial charge < -0.3 is 15.7 Å². The van der Waals surface area contributed by atoms with Gasteiger partial charge in [0.2, 0.25) is 0 Å². The van der Waals surface area contributed by atoms with Gasteiger partial charge in [-0.15, -0.1) is 0 Å². The van der Waals surface area contributed by atoms with E-state index >= 15 is 0 Å². The summed E-state index contributed by atoms with van der Waals surface area (Å²) in [6.45, 7) is 2.14. The van der Waals surface area contributed by atoms with Crippen LogP contribution in [-0.2, 0) is 0 Å². The van der Waals surface area contributed by atoms with Crippen LogP contribution in [0.5, 0.6) is 0 Å². The van der Waals surface area contributed by atoms with E-state index < -0.39 is 0 Å². The van der Waals surface area contributed by atoms with Crippen LogP contribution in [0.1, 0.15) is 12.8 Å². The molecule has 0 amide bonds. The van der Waals surface area contributed by atoms with E-state index in [1.165, 1.54) is 0 Å². The van der Waals surface area contributed by atoms with Gasteiger partial charge in [-0.1, -0.05) is 0 Å². The van der Waals surface area contributed by atoms with Gasteiger partial charge in [0.1, 0.15) is 0 Å². The van der Waals surface area contributed by atoms with Crippen molar-refractivity contribution in [1.82, 2.24) is 4.98 Å². The monoisotopic (exact) mass is 335 g/mol. The third-order valence-electron chi connectivity index (χ3n) is 3.95. The number of fused-ring (bicyclic) bond motifs is 1. The van der Waals surface area contributed by atoms with Crippen LogP contribution in [0, 0.1) is 5.92 Å². The first-order chi connectivity index (χ1) is 9.69. The molecular weight excluding hydrogens is 318 g/mol. The van der Waals surface area contributed by atoms with Gasteiger partial charge >= 0.3 is 0 Å². The lowest BCUT2D eigenvalue weighted by Gasteiger charge is -2.34. The highest BCUT2D eigenvalue weighted by molar-refractivity contribution is 9.10. The average Bonchev–Trinajstić information content (AvgIpc) is 2.48. The molecule has 1 atom stereocenters. The van der Waals surface area contributed by atoms with Crippen molar-refractivity contribution in [1.29, 1.82) is 0 Å². The number of piperidine rings is 1. The van der Waals surface area contributed by atoms with E-state index in [1.807, 2.05) is 18.2 Å². The number of nitrogens with zero attached hydrogens (tertiary/aromatic N) is 2. The van der Waals surface area contributed by atoms with Crippen LogP contribution < -0.4 is 10.6 Å². The number of halogens is 1. The number of aromatic nitrogens is 1. The molecule has 0 radical (unpaired) electrons. The summed E-state index contributed by atoms with van der Waals surface area (Å²) in [5.41, 5.74) is 8.85. The van der Waals surface area contributed by atoms with E-state index in [1.54, 1.807) is 6.20 Å². The molecule has 3 rings (SSSR count). The number of nitrogen functional groups attached to an aromatic ring is 1. The van der Waals surface area contributed by atoms with Crippen molar-refractivity contribution in [3.05, 3.63) is 28.9 Å². The molecule has 0 saturated carbocycles. The van der Waals surface area contributed by atoms with Gasteiger partial charge in [-0.05, 0) is 52.9 Å². The summed E-state index contributed by atoms with van der Waals surface area (Å²) in [5, 5.41) is 10.4. The van der Waals surface area contributed by atoms with Crippen molar-refractivity contribution in [2.24, 2.45) is 5.92 Å². The highest BCUT2D eigenvalue weighted by Crippen LogP contribution is 2.33. The number of rotatable bonds is 2. The Morgan fingerprint density at radius 1 is 1.45 bits per heavy atom. The minimum Gasteiger partial charge on any atom is -0.398 e. The standard InChI is InChI=1S/C15H18BrN3O/c16-11-6-12-13(17)3-4-14(15(12)18-7-11)19-5-1-2-10(8-19)9-20/h3-4,6-7,10,20H,1-2,5,8-9,17H2. The van der Waals surface area contributed by atoms with Crippen LogP contribution in [0.3, 0.4) is 0 Å². The maximum absolute atomic E-state index is 9.38.